The molecular weight excluding hydrogens is 288 g/mol. The molecule has 1 saturated carbocycles. The topological polar surface area (TPSA) is 69.6 Å². The summed E-state index contributed by atoms with van der Waals surface area (Å²) >= 11 is 0. The van der Waals surface area contributed by atoms with Crippen LogP contribution in [0.15, 0.2) is 0 Å². The van der Waals surface area contributed by atoms with Crippen LogP contribution < -0.4 is 5.32 Å². The lowest BCUT2D eigenvalue weighted by atomic mass is 9.85. The van der Waals surface area contributed by atoms with E-state index in [0.29, 0.717) is 24.0 Å². The van der Waals surface area contributed by atoms with Gasteiger partial charge in [0.25, 0.3) is 0 Å². The van der Waals surface area contributed by atoms with Crippen LogP contribution in [0.1, 0.15) is 39.0 Å². The van der Waals surface area contributed by atoms with Crippen LogP contribution in [0.5, 0.6) is 0 Å². The molecule has 2 rings (SSSR count). The molecule has 1 saturated heterocycles. The standard InChI is InChI=1S/C15H30N2O3S/c1-2-16-15(13-18)7-3-5-14(15)6-9-17-8-4-11-21(19,20)12-10-17/h14,16,18H,2-13H2,1H3. The Balaban J connectivity index is 1.87. The van der Waals surface area contributed by atoms with Gasteiger partial charge in [-0.1, -0.05) is 13.3 Å². The number of rotatable bonds is 6. The van der Waals surface area contributed by atoms with Gasteiger partial charge in [0.2, 0.25) is 0 Å². The second-order valence-corrected chi connectivity index (χ2v) is 8.87. The number of hydrogen-bond acceptors (Lipinski definition) is 5. The van der Waals surface area contributed by atoms with Crippen LogP contribution in [0.2, 0.25) is 0 Å². The fraction of sp³-hybridized carbons (Fsp3) is 1.00. The van der Waals surface area contributed by atoms with Crippen molar-refractivity contribution in [3.63, 3.8) is 0 Å². The molecule has 2 fully saturated rings. The Labute approximate surface area is 129 Å². The van der Waals surface area contributed by atoms with E-state index in [1.807, 2.05) is 0 Å². The molecule has 1 aliphatic carbocycles. The van der Waals surface area contributed by atoms with Gasteiger partial charge in [-0.25, -0.2) is 8.42 Å². The van der Waals surface area contributed by atoms with Crippen LogP contribution in [-0.4, -0.2) is 68.3 Å². The quantitative estimate of drug-likeness (QED) is 0.752. The van der Waals surface area contributed by atoms with Gasteiger partial charge in [0.05, 0.1) is 18.1 Å². The molecule has 2 atom stereocenters. The molecule has 2 unspecified atom stereocenters. The van der Waals surface area contributed by atoms with Crippen molar-refractivity contribution in [2.45, 2.75) is 44.6 Å². The Bertz CT molecular complexity index is 427. The van der Waals surface area contributed by atoms with Crippen molar-refractivity contribution in [3.8, 4) is 0 Å². The Morgan fingerprint density at radius 2 is 2.10 bits per heavy atom. The zero-order chi connectivity index (χ0) is 15.3. The Morgan fingerprint density at radius 3 is 2.81 bits per heavy atom. The predicted molar refractivity (Wildman–Crippen MR) is 85.2 cm³/mol. The molecule has 6 heteroatoms. The number of sulfone groups is 1. The molecule has 2 aliphatic rings. The maximum absolute atomic E-state index is 11.6. The lowest BCUT2D eigenvalue weighted by molar-refractivity contribution is 0.113. The average Bonchev–Trinajstić information content (AvgIpc) is 2.76. The zero-order valence-electron chi connectivity index (χ0n) is 13.2. The molecule has 0 radical (unpaired) electrons. The molecule has 1 aliphatic heterocycles. The first kappa shape index (κ1) is 17.2. The van der Waals surface area contributed by atoms with Crippen LogP contribution >= 0.6 is 0 Å². The van der Waals surface area contributed by atoms with E-state index in [1.54, 1.807) is 0 Å². The van der Waals surface area contributed by atoms with E-state index in [2.05, 4.69) is 17.1 Å². The van der Waals surface area contributed by atoms with Crippen molar-refractivity contribution in [3.05, 3.63) is 0 Å². The summed E-state index contributed by atoms with van der Waals surface area (Å²) in [5.41, 5.74) is -0.104. The SMILES string of the molecule is CCNC1(CO)CCCC1CCN1CCCS(=O)(=O)CC1. The van der Waals surface area contributed by atoms with E-state index in [4.69, 9.17) is 0 Å². The molecule has 0 aromatic carbocycles. The molecule has 0 aromatic rings. The van der Waals surface area contributed by atoms with Crippen molar-refractivity contribution < 1.29 is 13.5 Å². The van der Waals surface area contributed by atoms with Crippen LogP contribution in [0.4, 0.5) is 0 Å². The fourth-order valence-electron chi connectivity index (χ4n) is 3.97. The number of hydrogen-bond donors (Lipinski definition) is 2. The predicted octanol–water partition coefficient (Wildman–Crippen LogP) is 0.638. The van der Waals surface area contributed by atoms with Crippen molar-refractivity contribution in [1.29, 1.82) is 0 Å². The van der Waals surface area contributed by atoms with Gasteiger partial charge in [-0.3, -0.25) is 0 Å². The summed E-state index contributed by atoms with van der Waals surface area (Å²) in [5.74, 6) is 1.14. The second-order valence-electron chi connectivity index (χ2n) is 6.57. The highest BCUT2D eigenvalue weighted by Crippen LogP contribution is 2.37. The molecule has 0 bridgehead atoms. The first-order valence-corrected chi connectivity index (χ1v) is 10.1. The Hall–Kier alpha value is -0.170. The summed E-state index contributed by atoms with van der Waals surface area (Å²) in [5, 5.41) is 13.3. The van der Waals surface area contributed by atoms with Gasteiger partial charge < -0.3 is 15.3 Å². The molecule has 5 nitrogen and oxygen atoms in total. The Kier molecular flexibility index (Phi) is 6.05. The van der Waals surface area contributed by atoms with Crippen LogP contribution in [0, 0.1) is 5.92 Å². The van der Waals surface area contributed by atoms with Gasteiger partial charge >= 0.3 is 0 Å². The molecule has 1 heterocycles. The number of nitrogens with one attached hydrogen (secondary N) is 1. The van der Waals surface area contributed by atoms with E-state index >= 15 is 0 Å². The van der Waals surface area contributed by atoms with E-state index in [9.17, 15) is 13.5 Å². The average molecular weight is 318 g/mol. The van der Waals surface area contributed by atoms with Crippen LogP contribution in [0.3, 0.4) is 0 Å². The van der Waals surface area contributed by atoms with Gasteiger partial charge in [0, 0.05) is 12.1 Å². The summed E-state index contributed by atoms with van der Waals surface area (Å²) in [6.07, 6.45) is 5.20. The van der Waals surface area contributed by atoms with E-state index in [1.165, 1.54) is 12.8 Å². The van der Waals surface area contributed by atoms with Crippen LogP contribution in [0.25, 0.3) is 0 Å². The molecule has 0 aromatic heterocycles. The minimum atomic E-state index is -2.82. The van der Waals surface area contributed by atoms with E-state index < -0.39 is 9.84 Å². The van der Waals surface area contributed by atoms with Gasteiger partial charge in [0.15, 0.2) is 9.84 Å². The lowest BCUT2D eigenvalue weighted by Gasteiger charge is -2.36. The summed E-state index contributed by atoms with van der Waals surface area (Å²) in [4.78, 5) is 2.29. The molecule has 21 heavy (non-hydrogen) atoms. The maximum atomic E-state index is 11.6. The highest BCUT2D eigenvalue weighted by Gasteiger charge is 2.41. The van der Waals surface area contributed by atoms with Crippen LogP contribution in [-0.2, 0) is 9.84 Å². The minimum absolute atomic E-state index is 0.104. The van der Waals surface area contributed by atoms with E-state index in [0.717, 1.165) is 38.9 Å². The highest BCUT2D eigenvalue weighted by molar-refractivity contribution is 7.91. The third-order valence-corrected chi connectivity index (χ3v) is 6.93. The van der Waals surface area contributed by atoms with Gasteiger partial charge in [-0.2, -0.15) is 0 Å². The molecule has 0 spiro atoms. The smallest absolute Gasteiger partial charge is 0.151 e. The minimum Gasteiger partial charge on any atom is -0.394 e. The third kappa shape index (κ3) is 4.41. The summed E-state index contributed by atoms with van der Waals surface area (Å²) in [7, 11) is -2.82. The third-order valence-electron chi connectivity index (χ3n) is 5.21. The van der Waals surface area contributed by atoms with Crippen molar-refractivity contribution in [1.82, 2.24) is 10.2 Å². The molecular formula is C15H30N2O3S. The summed E-state index contributed by atoms with van der Waals surface area (Å²) in [6.45, 7) is 5.69. The zero-order valence-corrected chi connectivity index (χ0v) is 14.0. The number of likely N-dealkylation sites (N-methyl/N-ethyl adjacent to an activating group) is 1. The normalized spacial score (nSPS) is 33.9. The second kappa shape index (κ2) is 7.40. The fourth-order valence-corrected chi connectivity index (χ4v) is 5.28. The summed E-state index contributed by atoms with van der Waals surface area (Å²) in [6, 6.07) is 0. The number of aliphatic hydroxyl groups is 1. The molecule has 0 amide bonds. The van der Waals surface area contributed by atoms with Gasteiger partial charge in [-0.05, 0) is 51.2 Å². The maximum Gasteiger partial charge on any atom is 0.151 e. The lowest BCUT2D eigenvalue weighted by Crippen LogP contribution is -2.52. The number of nitrogens with zero attached hydrogens (tertiary/aromatic N) is 1. The monoisotopic (exact) mass is 318 g/mol. The number of aliphatic hydroxyl groups excluding tert-OH is 1. The first-order valence-electron chi connectivity index (χ1n) is 8.30. The van der Waals surface area contributed by atoms with Gasteiger partial charge in [0.1, 0.15) is 0 Å². The molecule has 124 valence electrons. The highest BCUT2D eigenvalue weighted by atomic mass is 32.2. The van der Waals surface area contributed by atoms with Crippen molar-refractivity contribution in [2.24, 2.45) is 5.92 Å². The van der Waals surface area contributed by atoms with Crippen molar-refractivity contribution in [2.75, 3.05) is 44.3 Å². The molecule has 2 N–H and O–H groups in total. The largest absolute Gasteiger partial charge is 0.394 e. The first-order chi connectivity index (χ1) is 10.0. The van der Waals surface area contributed by atoms with E-state index in [-0.39, 0.29) is 12.1 Å². The summed E-state index contributed by atoms with van der Waals surface area (Å²) < 4.78 is 23.3. The van der Waals surface area contributed by atoms with Crippen molar-refractivity contribution >= 4 is 9.84 Å². The Morgan fingerprint density at radius 1 is 1.29 bits per heavy atom. The van der Waals surface area contributed by atoms with Gasteiger partial charge in [-0.15, -0.1) is 0 Å².